The lowest BCUT2D eigenvalue weighted by molar-refractivity contribution is -0.115. The highest BCUT2D eigenvalue weighted by atomic mass is 32.2. The molecular weight excluding hydrogens is 442 g/mol. The number of thioether (sulfide) groups is 1. The second-order valence-corrected chi connectivity index (χ2v) is 9.43. The second-order valence-electron chi connectivity index (χ2n) is 7.33. The van der Waals surface area contributed by atoms with E-state index in [0.717, 1.165) is 34.5 Å². The van der Waals surface area contributed by atoms with Gasteiger partial charge in [-0.1, -0.05) is 24.3 Å². The van der Waals surface area contributed by atoms with Crippen LogP contribution in [0.2, 0.25) is 0 Å². The molecule has 6 nitrogen and oxygen atoms in total. The molecule has 4 rings (SSSR count). The molecule has 0 aliphatic heterocycles. The molecule has 0 atom stereocenters. The van der Waals surface area contributed by atoms with Crippen LogP contribution < -0.4 is 5.32 Å². The third kappa shape index (κ3) is 4.40. The normalized spacial score (nSPS) is 11.8. The molecule has 0 saturated carbocycles. The number of carbonyl (C=O) groups is 2. The van der Waals surface area contributed by atoms with E-state index in [0.29, 0.717) is 26.9 Å². The van der Waals surface area contributed by atoms with E-state index in [4.69, 9.17) is 4.74 Å². The number of aryl methyl sites for hydroxylation is 2. The van der Waals surface area contributed by atoms with Crippen molar-refractivity contribution < 1.29 is 14.3 Å². The minimum absolute atomic E-state index is 0.194. The summed E-state index contributed by atoms with van der Waals surface area (Å²) in [5, 5.41) is 13.3. The van der Waals surface area contributed by atoms with Gasteiger partial charge in [0.25, 0.3) is 0 Å². The molecule has 1 amide bonds. The molecule has 162 valence electrons. The summed E-state index contributed by atoms with van der Waals surface area (Å²) in [6, 6.07) is 13.8. The lowest BCUT2D eigenvalue weighted by atomic mass is 9.89. The monoisotopic (exact) mass is 463 g/mol. The molecule has 1 aromatic carbocycles. The summed E-state index contributed by atoms with van der Waals surface area (Å²) in [7, 11) is 1.35. The molecule has 3 aromatic rings. The van der Waals surface area contributed by atoms with Crippen molar-refractivity contribution in [2.24, 2.45) is 0 Å². The van der Waals surface area contributed by atoms with Gasteiger partial charge in [0.1, 0.15) is 16.1 Å². The van der Waals surface area contributed by atoms with E-state index in [9.17, 15) is 14.9 Å². The predicted molar refractivity (Wildman–Crippen MR) is 126 cm³/mol. The molecule has 2 heterocycles. The Morgan fingerprint density at radius 2 is 2.06 bits per heavy atom. The summed E-state index contributed by atoms with van der Waals surface area (Å²) in [5.41, 5.74) is 5.06. The van der Waals surface area contributed by atoms with Crippen molar-refractivity contribution in [2.75, 3.05) is 18.2 Å². The maximum atomic E-state index is 12.7. The first-order valence-electron chi connectivity index (χ1n) is 10.1. The number of carbonyl (C=O) groups excluding carboxylic acids is 2. The van der Waals surface area contributed by atoms with Crippen LogP contribution in [0.15, 0.2) is 41.4 Å². The quantitative estimate of drug-likeness (QED) is 0.409. The van der Waals surface area contributed by atoms with E-state index >= 15 is 0 Å². The Morgan fingerprint density at radius 3 is 2.84 bits per heavy atom. The topological polar surface area (TPSA) is 92.1 Å². The zero-order valence-electron chi connectivity index (χ0n) is 17.7. The average Bonchev–Trinajstić information content (AvgIpc) is 3.17. The third-order valence-corrected chi connectivity index (χ3v) is 7.42. The summed E-state index contributed by atoms with van der Waals surface area (Å²) < 4.78 is 5.02. The Labute approximate surface area is 194 Å². The highest BCUT2D eigenvalue weighted by Gasteiger charge is 2.29. The smallest absolute Gasteiger partial charge is 0.341 e. The minimum Gasteiger partial charge on any atom is -0.465 e. The lowest BCUT2D eigenvalue weighted by Gasteiger charge is -2.16. The largest absolute Gasteiger partial charge is 0.465 e. The van der Waals surface area contributed by atoms with Gasteiger partial charge in [-0.3, -0.25) is 4.79 Å². The fourth-order valence-electron chi connectivity index (χ4n) is 3.70. The fourth-order valence-corrected chi connectivity index (χ4v) is 5.98. The molecule has 1 N–H and O–H groups in total. The van der Waals surface area contributed by atoms with Crippen LogP contribution in [0, 0.1) is 18.3 Å². The van der Waals surface area contributed by atoms with Gasteiger partial charge in [0.05, 0.1) is 18.2 Å². The van der Waals surface area contributed by atoms with Crippen molar-refractivity contribution in [2.45, 2.75) is 31.2 Å². The molecule has 1 aliphatic rings. The van der Waals surface area contributed by atoms with Crippen LogP contribution in [-0.4, -0.2) is 29.7 Å². The molecule has 0 bridgehead atoms. The Hall–Kier alpha value is -3.15. The van der Waals surface area contributed by atoms with Crippen LogP contribution in [-0.2, 0) is 22.4 Å². The first-order valence-corrected chi connectivity index (χ1v) is 11.9. The van der Waals surface area contributed by atoms with Crippen molar-refractivity contribution >= 4 is 40.0 Å². The third-order valence-electron chi connectivity index (χ3n) is 5.24. The van der Waals surface area contributed by atoms with Gasteiger partial charge >= 0.3 is 5.97 Å². The summed E-state index contributed by atoms with van der Waals surface area (Å²) in [5.74, 6) is -0.159. The average molecular weight is 464 g/mol. The fraction of sp³-hybridized carbons (Fsp3) is 0.250. The first kappa shape index (κ1) is 22.1. The van der Waals surface area contributed by atoms with E-state index in [-0.39, 0.29) is 12.3 Å². The molecule has 0 fully saturated rings. The van der Waals surface area contributed by atoms with Crippen molar-refractivity contribution in [3.05, 3.63) is 64.3 Å². The van der Waals surface area contributed by atoms with Crippen LogP contribution in [0.1, 0.15) is 39.2 Å². The number of benzene rings is 1. The number of rotatable bonds is 6. The number of amides is 1. The summed E-state index contributed by atoms with van der Waals surface area (Å²) in [6.07, 6.45) is 1.80. The number of hydrogen-bond acceptors (Lipinski definition) is 7. The molecule has 2 aromatic heterocycles. The van der Waals surface area contributed by atoms with Gasteiger partial charge in [0, 0.05) is 22.7 Å². The van der Waals surface area contributed by atoms with Crippen molar-refractivity contribution in [1.82, 2.24) is 4.98 Å². The summed E-state index contributed by atoms with van der Waals surface area (Å²) in [6.45, 7) is 1.86. The van der Waals surface area contributed by atoms with Crippen molar-refractivity contribution in [3.8, 4) is 16.5 Å². The number of nitrogens with one attached hydrogen (secondary N) is 1. The van der Waals surface area contributed by atoms with Crippen LogP contribution in [0.4, 0.5) is 5.00 Å². The second kappa shape index (κ2) is 9.55. The number of anilines is 1. The molecule has 0 spiro atoms. The van der Waals surface area contributed by atoms with E-state index in [1.807, 2.05) is 19.1 Å². The molecule has 32 heavy (non-hydrogen) atoms. The van der Waals surface area contributed by atoms with Crippen molar-refractivity contribution in [1.29, 1.82) is 5.26 Å². The SMILES string of the molecule is COC(=O)c1c(NC(=O)CCSc2nc(C)ccc2C#N)sc2c1CCc1ccccc1-2. The number of aromatic nitrogens is 1. The number of nitrogens with zero attached hydrogens (tertiary/aromatic N) is 2. The van der Waals surface area contributed by atoms with Gasteiger partial charge in [-0.05, 0) is 48.6 Å². The molecule has 0 saturated heterocycles. The number of nitriles is 1. The van der Waals surface area contributed by atoms with Crippen molar-refractivity contribution in [3.63, 3.8) is 0 Å². The molecule has 0 unspecified atom stereocenters. The van der Waals surface area contributed by atoms with Gasteiger partial charge in [-0.15, -0.1) is 23.1 Å². The van der Waals surface area contributed by atoms with Crippen LogP contribution in [0.3, 0.4) is 0 Å². The molecular formula is C24H21N3O3S2. The zero-order valence-corrected chi connectivity index (χ0v) is 19.4. The van der Waals surface area contributed by atoms with Crippen LogP contribution >= 0.6 is 23.1 Å². The van der Waals surface area contributed by atoms with Gasteiger partial charge in [0.15, 0.2) is 0 Å². The molecule has 0 radical (unpaired) electrons. The number of pyridine rings is 1. The minimum atomic E-state index is -0.436. The van der Waals surface area contributed by atoms with Gasteiger partial charge in [0.2, 0.25) is 5.91 Å². The maximum Gasteiger partial charge on any atom is 0.341 e. The van der Waals surface area contributed by atoms with Gasteiger partial charge in [-0.25, -0.2) is 9.78 Å². The van der Waals surface area contributed by atoms with Crippen LogP contribution in [0.25, 0.3) is 10.4 Å². The van der Waals surface area contributed by atoms with Gasteiger partial charge in [-0.2, -0.15) is 5.26 Å². The first-order chi connectivity index (χ1) is 15.5. The lowest BCUT2D eigenvalue weighted by Crippen LogP contribution is -2.15. The summed E-state index contributed by atoms with van der Waals surface area (Å²) >= 11 is 2.79. The van der Waals surface area contributed by atoms with E-state index in [1.165, 1.54) is 35.8 Å². The van der Waals surface area contributed by atoms with E-state index < -0.39 is 5.97 Å². The number of esters is 1. The molecule has 1 aliphatic carbocycles. The molecule has 8 heteroatoms. The number of ether oxygens (including phenoxy) is 1. The Morgan fingerprint density at radius 1 is 1.25 bits per heavy atom. The zero-order chi connectivity index (χ0) is 22.7. The van der Waals surface area contributed by atoms with E-state index in [1.54, 1.807) is 12.1 Å². The summed E-state index contributed by atoms with van der Waals surface area (Å²) in [4.78, 5) is 30.6. The highest BCUT2D eigenvalue weighted by molar-refractivity contribution is 7.99. The number of hydrogen-bond donors (Lipinski definition) is 1. The standard InChI is InChI=1S/C24H21N3O3S2/c1-14-7-8-16(13-25)22(26-14)31-12-11-19(28)27-23-20(24(29)30-2)18-10-9-15-5-3-4-6-17(15)21(18)32-23/h3-8H,9-12H2,1-2H3,(H,27,28). The Bertz CT molecular complexity index is 1240. The Kier molecular flexibility index (Phi) is 6.58. The number of fused-ring (bicyclic) bond motifs is 3. The number of methoxy groups -OCH3 is 1. The Balaban J connectivity index is 1.52. The highest BCUT2D eigenvalue weighted by Crippen LogP contribution is 2.45. The van der Waals surface area contributed by atoms with Crippen LogP contribution in [0.5, 0.6) is 0 Å². The van der Waals surface area contributed by atoms with E-state index in [2.05, 4.69) is 28.5 Å². The maximum absolute atomic E-state index is 12.7. The number of thiophene rings is 1. The van der Waals surface area contributed by atoms with Gasteiger partial charge < -0.3 is 10.1 Å². The predicted octanol–water partition coefficient (Wildman–Crippen LogP) is 5.00.